The lowest BCUT2D eigenvalue weighted by molar-refractivity contribution is -0.384. The van der Waals surface area contributed by atoms with E-state index in [9.17, 15) is 23.3 Å². The van der Waals surface area contributed by atoms with Crippen molar-refractivity contribution >= 4 is 21.7 Å². The number of carboxylic acid groups (broad SMARTS) is 1. The maximum absolute atomic E-state index is 12.3. The minimum absolute atomic E-state index is 0.0273. The van der Waals surface area contributed by atoms with Crippen LogP contribution in [-0.2, 0) is 19.6 Å². The molecule has 0 heterocycles. The third-order valence-corrected chi connectivity index (χ3v) is 4.40. The number of nitrogens with zero attached hydrogens (tertiary/aromatic N) is 2. The highest BCUT2D eigenvalue weighted by atomic mass is 32.2. The molecule has 0 spiro atoms. The van der Waals surface area contributed by atoms with E-state index in [4.69, 9.17) is 9.84 Å². The highest BCUT2D eigenvalue weighted by Crippen LogP contribution is 2.19. The van der Waals surface area contributed by atoms with Crippen molar-refractivity contribution in [1.82, 2.24) is 4.31 Å². The molecule has 0 radical (unpaired) electrons. The summed E-state index contributed by atoms with van der Waals surface area (Å²) in [5.41, 5.74) is -0.254. The summed E-state index contributed by atoms with van der Waals surface area (Å²) in [6.45, 7) is -0.829. The van der Waals surface area contributed by atoms with Crippen LogP contribution in [0.25, 0.3) is 0 Å². The van der Waals surface area contributed by atoms with E-state index in [-0.39, 0.29) is 23.7 Å². The number of sulfonamides is 1. The maximum atomic E-state index is 12.3. The Morgan fingerprint density at radius 1 is 1.38 bits per heavy atom. The Morgan fingerprint density at radius 2 is 1.95 bits per heavy atom. The number of methoxy groups -OCH3 is 1. The molecule has 1 N–H and O–H groups in total. The zero-order chi connectivity index (χ0) is 16.0. The Labute approximate surface area is 120 Å². The molecule has 0 atom stereocenters. The molecule has 0 amide bonds. The second-order valence-corrected chi connectivity index (χ2v) is 5.91. The van der Waals surface area contributed by atoms with E-state index < -0.39 is 27.5 Å². The molecule has 0 fully saturated rings. The monoisotopic (exact) mass is 318 g/mol. The molecule has 1 aromatic carbocycles. The lowest BCUT2D eigenvalue weighted by Crippen LogP contribution is -2.37. The van der Waals surface area contributed by atoms with Gasteiger partial charge in [-0.25, -0.2) is 8.42 Å². The van der Waals surface area contributed by atoms with Crippen LogP contribution >= 0.6 is 0 Å². The molecule has 1 rings (SSSR count). The quantitative estimate of drug-likeness (QED) is 0.540. The number of carboxylic acids is 1. The minimum Gasteiger partial charge on any atom is -0.480 e. The Hall–Kier alpha value is -2.04. The zero-order valence-electron chi connectivity index (χ0n) is 11.1. The number of ether oxygens (including phenoxy) is 1. The average Bonchev–Trinajstić information content (AvgIpc) is 2.43. The fraction of sp³-hybridized carbons (Fsp3) is 0.364. The molecular formula is C11H14N2O7S. The van der Waals surface area contributed by atoms with Gasteiger partial charge in [-0.2, -0.15) is 4.31 Å². The van der Waals surface area contributed by atoms with Crippen molar-refractivity contribution in [1.29, 1.82) is 0 Å². The van der Waals surface area contributed by atoms with Gasteiger partial charge in [0.15, 0.2) is 0 Å². The van der Waals surface area contributed by atoms with Gasteiger partial charge in [-0.3, -0.25) is 14.9 Å². The topological polar surface area (TPSA) is 127 Å². The second kappa shape index (κ2) is 7.11. The molecule has 0 aliphatic rings. The fourth-order valence-electron chi connectivity index (χ4n) is 1.52. The Morgan fingerprint density at radius 3 is 2.38 bits per heavy atom. The minimum atomic E-state index is -4.06. The van der Waals surface area contributed by atoms with Gasteiger partial charge in [0.2, 0.25) is 10.0 Å². The molecule has 0 aliphatic carbocycles. The number of benzene rings is 1. The van der Waals surface area contributed by atoms with Crippen LogP contribution in [0.2, 0.25) is 0 Å². The van der Waals surface area contributed by atoms with Crippen LogP contribution < -0.4 is 0 Å². The Bertz CT molecular complexity index is 612. The molecule has 0 saturated heterocycles. The van der Waals surface area contributed by atoms with E-state index in [0.29, 0.717) is 0 Å². The number of non-ortho nitro benzene ring substituents is 1. The summed E-state index contributed by atoms with van der Waals surface area (Å²) in [5.74, 6) is -1.31. The van der Waals surface area contributed by atoms with Crippen molar-refractivity contribution < 1.29 is 28.0 Å². The first-order valence-corrected chi connectivity index (χ1v) is 7.18. The van der Waals surface area contributed by atoms with Crippen LogP contribution in [0.4, 0.5) is 5.69 Å². The summed E-state index contributed by atoms with van der Waals surface area (Å²) in [6, 6.07) is 4.22. The lowest BCUT2D eigenvalue weighted by Gasteiger charge is -2.19. The summed E-state index contributed by atoms with van der Waals surface area (Å²) in [5, 5.41) is 19.3. The molecule has 0 bridgehead atoms. The van der Waals surface area contributed by atoms with Crippen molar-refractivity contribution in [2.45, 2.75) is 4.90 Å². The number of nitro benzene ring substituents is 1. The first-order chi connectivity index (χ1) is 9.78. The van der Waals surface area contributed by atoms with Crippen LogP contribution in [0.15, 0.2) is 29.2 Å². The van der Waals surface area contributed by atoms with Crippen molar-refractivity contribution in [3.63, 3.8) is 0 Å². The van der Waals surface area contributed by atoms with Crippen LogP contribution in [0.5, 0.6) is 0 Å². The van der Waals surface area contributed by atoms with E-state index in [1.807, 2.05) is 0 Å². The second-order valence-electron chi connectivity index (χ2n) is 3.98. The van der Waals surface area contributed by atoms with E-state index in [2.05, 4.69) is 0 Å². The molecule has 0 aromatic heterocycles. The summed E-state index contributed by atoms with van der Waals surface area (Å²) < 4.78 is 30.1. The predicted octanol–water partition coefficient (Wildman–Crippen LogP) is 0.317. The Balaban J connectivity index is 3.08. The van der Waals surface area contributed by atoms with Gasteiger partial charge in [-0.05, 0) is 12.1 Å². The van der Waals surface area contributed by atoms with E-state index in [0.717, 1.165) is 28.6 Å². The molecule has 0 unspecified atom stereocenters. The highest BCUT2D eigenvalue weighted by Gasteiger charge is 2.26. The third-order valence-electron chi connectivity index (χ3n) is 2.54. The van der Waals surface area contributed by atoms with Gasteiger partial charge >= 0.3 is 5.97 Å². The van der Waals surface area contributed by atoms with Crippen LogP contribution in [0, 0.1) is 10.1 Å². The third kappa shape index (κ3) is 4.48. The van der Waals surface area contributed by atoms with E-state index in [1.54, 1.807) is 0 Å². The lowest BCUT2D eigenvalue weighted by atomic mass is 10.3. The first-order valence-electron chi connectivity index (χ1n) is 5.74. The number of hydrogen-bond acceptors (Lipinski definition) is 6. The van der Waals surface area contributed by atoms with Crippen molar-refractivity contribution in [2.75, 3.05) is 26.8 Å². The van der Waals surface area contributed by atoms with Gasteiger partial charge in [-0.15, -0.1) is 0 Å². The van der Waals surface area contributed by atoms with Gasteiger partial charge in [0.25, 0.3) is 5.69 Å². The number of carbonyl (C=O) groups is 1. The molecule has 9 nitrogen and oxygen atoms in total. The molecule has 1 aromatic rings. The van der Waals surface area contributed by atoms with Crippen molar-refractivity contribution in [3.8, 4) is 0 Å². The van der Waals surface area contributed by atoms with Crippen molar-refractivity contribution in [2.24, 2.45) is 0 Å². The SMILES string of the molecule is COCCN(CC(=O)O)S(=O)(=O)c1ccc([N+](=O)[O-])cc1. The zero-order valence-corrected chi connectivity index (χ0v) is 11.9. The standard InChI is InChI=1S/C11H14N2O7S/c1-20-7-6-12(8-11(14)15)21(18,19)10-4-2-9(3-5-10)13(16)17/h2-5H,6-8H2,1H3,(H,14,15). The largest absolute Gasteiger partial charge is 0.480 e. The smallest absolute Gasteiger partial charge is 0.318 e. The molecule has 21 heavy (non-hydrogen) atoms. The number of hydrogen-bond donors (Lipinski definition) is 1. The number of nitro groups is 1. The first kappa shape index (κ1) is 17.0. The summed E-state index contributed by atoms with van der Waals surface area (Å²) >= 11 is 0. The average molecular weight is 318 g/mol. The molecule has 0 saturated carbocycles. The molecule has 10 heteroatoms. The molecule has 116 valence electrons. The molecular weight excluding hydrogens is 304 g/mol. The van der Waals surface area contributed by atoms with Crippen LogP contribution in [0.1, 0.15) is 0 Å². The van der Waals surface area contributed by atoms with Gasteiger partial charge in [0.05, 0.1) is 16.4 Å². The van der Waals surface area contributed by atoms with Crippen LogP contribution in [0.3, 0.4) is 0 Å². The van der Waals surface area contributed by atoms with E-state index in [1.165, 1.54) is 7.11 Å². The van der Waals surface area contributed by atoms with Crippen molar-refractivity contribution in [3.05, 3.63) is 34.4 Å². The number of aliphatic carboxylic acids is 1. The normalized spacial score (nSPS) is 11.5. The van der Waals surface area contributed by atoms with Gasteiger partial charge < -0.3 is 9.84 Å². The fourth-order valence-corrected chi connectivity index (χ4v) is 2.89. The van der Waals surface area contributed by atoms with Gasteiger partial charge in [0, 0.05) is 25.8 Å². The van der Waals surface area contributed by atoms with Crippen LogP contribution in [-0.4, -0.2) is 55.5 Å². The highest BCUT2D eigenvalue weighted by molar-refractivity contribution is 7.89. The summed E-state index contributed by atoms with van der Waals surface area (Å²) in [7, 11) is -2.70. The van der Waals surface area contributed by atoms with E-state index >= 15 is 0 Å². The Kier molecular flexibility index (Phi) is 5.76. The van der Waals surface area contributed by atoms with Gasteiger partial charge in [0.1, 0.15) is 6.54 Å². The number of rotatable bonds is 8. The maximum Gasteiger partial charge on any atom is 0.318 e. The summed E-state index contributed by atoms with van der Waals surface area (Å²) in [4.78, 5) is 20.4. The predicted molar refractivity (Wildman–Crippen MR) is 71.4 cm³/mol. The van der Waals surface area contributed by atoms with Gasteiger partial charge in [-0.1, -0.05) is 0 Å². The summed E-state index contributed by atoms with van der Waals surface area (Å²) in [6.07, 6.45) is 0. The molecule has 0 aliphatic heterocycles.